The van der Waals surface area contributed by atoms with Gasteiger partial charge in [-0.1, -0.05) is 17.8 Å². The Hall–Kier alpha value is -2.22. The maximum absolute atomic E-state index is 5.43. The second kappa shape index (κ2) is 8.86. The SMILES string of the molecule is Cc1ccc(-n2c(SCCN3CCOCC3)nnc2-c2ccncc2)cc1C. The van der Waals surface area contributed by atoms with E-state index in [2.05, 4.69) is 56.7 Å². The van der Waals surface area contributed by atoms with Gasteiger partial charge in [0.25, 0.3) is 0 Å². The fraction of sp³-hybridized carbons (Fsp3) is 0.381. The molecule has 7 heteroatoms. The van der Waals surface area contributed by atoms with Crippen LogP contribution in [0.25, 0.3) is 17.1 Å². The van der Waals surface area contributed by atoms with Gasteiger partial charge in [0.15, 0.2) is 11.0 Å². The molecule has 28 heavy (non-hydrogen) atoms. The molecule has 1 fully saturated rings. The van der Waals surface area contributed by atoms with Gasteiger partial charge in [-0.25, -0.2) is 0 Å². The number of rotatable bonds is 6. The van der Waals surface area contributed by atoms with Crippen molar-refractivity contribution in [2.75, 3.05) is 38.6 Å². The Morgan fingerprint density at radius 3 is 2.54 bits per heavy atom. The number of nitrogens with zero attached hydrogens (tertiary/aromatic N) is 5. The van der Waals surface area contributed by atoms with Gasteiger partial charge in [-0.15, -0.1) is 10.2 Å². The van der Waals surface area contributed by atoms with E-state index in [0.717, 1.165) is 60.8 Å². The number of aromatic nitrogens is 4. The van der Waals surface area contributed by atoms with Crippen LogP contribution in [0.2, 0.25) is 0 Å². The normalized spacial score (nSPS) is 15.1. The standard InChI is InChI=1S/C21H25N5OS/c1-16-3-4-19(15-17(16)2)26-20(18-5-7-22-8-6-18)23-24-21(26)28-14-11-25-9-12-27-13-10-25/h3-8,15H,9-14H2,1-2H3. The molecule has 1 aromatic carbocycles. The molecule has 2 aromatic heterocycles. The zero-order chi connectivity index (χ0) is 19.3. The van der Waals surface area contributed by atoms with Crippen molar-refractivity contribution >= 4 is 11.8 Å². The molecule has 0 saturated carbocycles. The third kappa shape index (κ3) is 4.27. The lowest BCUT2D eigenvalue weighted by molar-refractivity contribution is 0.0410. The maximum atomic E-state index is 5.43. The molecule has 0 N–H and O–H groups in total. The minimum absolute atomic E-state index is 0.829. The summed E-state index contributed by atoms with van der Waals surface area (Å²) in [5.74, 6) is 1.82. The van der Waals surface area contributed by atoms with Crippen LogP contribution < -0.4 is 0 Å². The third-order valence-corrected chi connectivity index (χ3v) is 5.97. The summed E-state index contributed by atoms with van der Waals surface area (Å²) in [6, 6.07) is 10.5. The van der Waals surface area contributed by atoms with E-state index in [0.29, 0.717) is 0 Å². The molecular formula is C21H25N5OS. The molecule has 1 saturated heterocycles. The highest BCUT2D eigenvalue weighted by Gasteiger charge is 2.17. The summed E-state index contributed by atoms with van der Waals surface area (Å²) in [5, 5.41) is 9.95. The molecule has 0 unspecified atom stereocenters. The van der Waals surface area contributed by atoms with Crippen LogP contribution >= 0.6 is 11.8 Å². The Bertz CT molecular complexity index is 922. The van der Waals surface area contributed by atoms with E-state index in [1.54, 1.807) is 24.2 Å². The van der Waals surface area contributed by atoms with E-state index >= 15 is 0 Å². The molecular weight excluding hydrogens is 370 g/mol. The van der Waals surface area contributed by atoms with Crippen molar-refractivity contribution in [1.82, 2.24) is 24.6 Å². The summed E-state index contributed by atoms with van der Waals surface area (Å²) in [5.41, 5.74) is 4.65. The second-order valence-electron chi connectivity index (χ2n) is 6.95. The highest BCUT2D eigenvalue weighted by molar-refractivity contribution is 7.99. The van der Waals surface area contributed by atoms with Crippen LogP contribution in [0.4, 0.5) is 0 Å². The number of pyridine rings is 1. The number of thioether (sulfide) groups is 1. The number of hydrogen-bond donors (Lipinski definition) is 0. The van der Waals surface area contributed by atoms with Crippen LogP contribution in [-0.4, -0.2) is 63.2 Å². The van der Waals surface area contributed by atoms with Crippen LogP contribution in [0.3, 0.4) is 0 Å². The molecule has 3 aromatic rings. The third-order valence-electron chi connectivity index (χ3n) is 5.06. The van der Waals surface area contributed by atoms with Crippen molar-refractivity contribution in [3.63, 3.8) is 0 Å². The van der Waals surface area contributed by atoms with Gasteiger partial charge in [0.05, 0.1) is 18.9 Å². The van der Waals surface area contributed by atoms with Gasteiger partial charge < -0.3 is 4.74 Å². The van der Waals surface area contributed by atoms with E-state index in [1.165, 1.54) is 11.1 Å². The number of benzene rings is 1. The first kappa shape index (κ1) is 19.1. The summed E-state index contributed by atoms with van der Waals surface area (Å²) >= 11 is 1.75. The quantitative estimate of drug-likeness (QED) is 0.597. The highest BCUT2D eigenvalue weighted by Crippen LogP contribution is 2.28. The van der Waals surface area contributed by atoms with E-state index in [9.17, 15) is 0 Å². The Labute approximate surface area is 170 Å². The summed E-state index contributed by atoms with van der Waals surface area (Å²) in [6.45, 7) is 8.97. The van der Waals surface area contributed by atoms with Gasteiger partial charge >= 0.3 is 0 Å². The van der Waals surface area contributed by atoms with Crippen molar-refractivity contribution in [2.24, 2.45) is 0 Å². The molecule has 0 atom stereocenters. The first-order valence-electron chi connectivity index (χ1n) is 9.59. The van der Waals surface area contributed by atoms with Gasteiger partial charge in [-0.05, 0) is 49.2 Å². The first-order chi connectivity index (χ1) is 13.7. The molecule has 1 aliphatic heterocycles. The van der Waals surface area contributed by atoms with Crippen LogP contribution in [0.5, 0.6) is 0 Å². The van der Waals surface area contributed by atoms with E-state index in [-0.39, 0.29) is 0 Å². The number of morpholine rings is 1. The number of aryl methyl sites for hydroxylation is 2. The van der Waals surface area contributed by atoms with Gasteiger partial charge in [-0.2, -0.15) is 0 Å². The summed E-state index contributed by atoms with van der Waals surface area (Å²) in [7, 11) is 0. The van der Waals surface area contributed by atoms with Gasteiger partial charge in [0, 0.05) is 43.3 Å². The monoisotopic (exact) mass is 395 g/mol. The molecule has 0 spiro atoms. The molecule has 6 nitrogen and oxygen atoms in total. The average Bonchev–Trinajstić information content (AvgIpc) is 3.15. The van der Waals surface area contributed by atoms with Gasteiger partial charge in [0.2, 0.25) is 0 Å². The lowest BCUT2D eigenvalue weighted by atomic mass is 10.1. The largest absolute Gasteiger partial charge is 0.379 e. The zero-order valence-electron chi connectivity index (χ0n) is 16.3. The Morgan fingerprint density at radius 2 is 1.79 bits per heavy atom. The molecule has 0 bridgehead atoms. The van der Waals surface area contributed by atoms with E-state index in [1.807, 2.05) is 12.1 Å². The van der Waals surface area contributed by atoms with Crippen LogP contribution in [0.1, 0.15) is 11.1 Å². The molecule has 1 aliphatic rings. The first-order valence-corrected chi connectivity index (χ1v) is 10.6. The van der Waals surface area contributed by atoms with E-state index < -0.39 is 0 Å². The fourth-order valence-electron chi connectivity index (χ4n) is 3.24. The molecule has 146 valence electrons. The van der Waals surface area contributed by atoms with Crippen molar-refractivity contribution in [3.8, 4) is 17.1 Å². The van der Waals surface area contributed by atoms with E-state index in [4.69, 9.17) is 4.74 Å². The maximum Gasteiger partial charge on any atom is 0.196 e. The topological polar surface area (TPSA) is 56.1 Å². The lowest BCUT2D eigenvalue weighted by Gasteiger charge is -2.26. The molecule has 0 aliphatic carbocycles. The zero-order valence-corrected chi connectivity index (χ0v) is 17.2. The minimum Gasteiger partial charge on any atom is -0.379 e. The predicted molar refractivity (Wildman–Crippen MR) is 112 cm³/mol. The molecule has 3 heterocycles. The fourth-order valence-corrected chi connectivity index (χ4v) is 4.19. The van der Waals surface area contributed by atoms with Crippen molar-refractivity contribution in [3.05, 3.63) is 53.9 Å². The van der Waals surface area contributed by atoms with Crippen molar-refractivity contribution in [2.45, 2.75) is 19.0 Å². The minimum atomic E-state index is 0.829. The highest BCUT2D eigenvalue weighted by atomic mass is 32.2. The number of hydrogen-bond acceptors (Lipinski definition) is 6. The van der Waals surface area contributed by atoms with Crippen LogP contribution in [0.15, 0.2) is 47.9 Å². The van der Waals surface area contributed by atoms with Crippen LogP contribution in [-0.2, 0) is 4.74 Å². The van der Waals surface area contributed by atoms with Crippen molar-refractivity contribution in [1.29, 1.82) is 0 Å². The molecule has 0 radical (unpaired) electrons. The Morgan fingerprint density at radius 1 is 1.00 bits per heavy atom. The van der Waals surface area contributed by atoms with Crippen LogP contribution in [0, 0.1) is 13.8 Å². The lowest BCUT2D eigenvalue weighted by Crippen LogP contribution is -2.37. The molecule has 4 rings (SSSR count). The average molecular weight is 396 g/mol. The predicted octanol–water partition coefficient (Wildman–Crippen LogP) is 3.37. The van der Waals surface area contributed by atoms with Crippen molar-refractivity contribution < 1.29 is 4.74 Å². The Balaban J connectivity index is 1.62. The number of ether oxygens (including phenoxy) is 1. The second-order valence-corrected chi connectivity index (χ2v) is 8.01. The Kier molecular flexibility index (Phi) is 6.04. The smallest absolute Gasteiger partial charge is 0.196 e. The van der Waals surface area contributed by atoms with Gasteiger partial charge in [0.1, 0.15) is 0 Å². The van der Waals surface area contributed by atoms with Gasteiger partial charge in [-0.3, -0.25) is 14.5 Å². The summed E-state index contributed by atoms with van der Waals surface area (Å²) in [6.07, 6.45) is 3.58. The summed E-state index contributed by atoms with van der Waals surface area (Å²) < 4.78 is 7.59. The summed E-state index contributed by atoms with van der Waals surface area (Å²) in [4.78, 5) is 6.57. The molecule has 0 amide bonds.